The third-order valence-electron chi connectivity index (χ3n) is 4.20. The lowest BCUT2D eigenvalue weighted by Gasteiger charge is -2.35. The second-order valence-corrected chi connectivity index (χ2v) is 5.82. The fourth-order valence-corrected chi connectivity index (χ4v) is 2.84. The largest absolute Gasteiger partial charge is 0.497 e. The van der Waals surface area contributed by atoms with Gasteiger partial charge >= 0.3 is 0 Å². The van der Waals surface area contributed by atoms with E-state index in [9.17, 15) is 4.79 Å². The van der Waals surface area contributed by atoms with Crippen LogP contribution in [0.5, 0.6) is 5.75 Å². The fourth-order valence-electron chi connectivity index (χ4n) is 2.84. The molecule has 126 valence electrons. The maximum Gasteiger partial charge on any atom is 0.254 e. The molecule has 5 heteroatoms. The zero-order valence-electron chi connectivity index (χ0n) is 13.9. The van der Waals surface area contributed by atoms with Crippen LogP contribution in [0.1, 0.15) is 11.6 Å². The van der Waals surface area contributed by atoms with Gasteiger partial charge in [0.1, 0.15) is 5.75 Å². The molecule has 0 aromatic heterocycles. The monoisotopic (exact) mass is 326 g/mol. The summed E-state index contributed by atoms with van der Waals surface area (Å²) in [6.07, 6.45) is -0.573. The van der Waals surface area contributed by atoms with Crippen LogP contribution >= 0.6 is 0 Å². The van der Waals surface area contributed by atoms with Gasteiger partial charge in [0.25, 0.3) is 5.91 Å². The van der Waals surface area contributed by atoms with E-state index >= 15 is 0 Å². The number of carbonyl (C=O) groups excluding carboxylic acids is 1. The second kappa shape index (κ2) is 7.36. The lowest BCUT2D eigenvalue weighted by atomic mass is 9.98. The van der Waals surface area contributed by atoms with Crippen LogP contribution in [0.25, 0.3) is 0 Å². The number of morpholine rings is 1. The van der Waals surface area contributed by atoms with Gasteiger partial charge in [-0.2, -0.15) is 0 Å². The van der Waals surface area contributed by atoms with Gasteiger partial charge in [0.2, 0.25) is 0 Å². The molecule has 24 heavy (non-hydrogen) atoms. The summed E-state index contributed by atoms with van der Waals surface area (Å²) in [6.45, 7) is 1.15. The van der Waals surface area contributed by atoms with Crippen molar-refractivity contribution in [1.82, 2.24) is 4.90 Å². The van der Waals surface area contributed by atoms with Gasteiger partial charge in [-0.3, -0.25) is 4.79 Å². The molecule has 1 fully saturated rings. The predicted molar refractivity (Wildman–Crippen MR) is 93.2 cm³/mol. The average molecular weight is 326 g/mol. The Morgan fingerprint density at radius 3 is 2.75 bits per heavy atom. The smallest absolute Gasteiger partial charge is 0.254 e. The molecule has 0 unspecified atom stereocenters. The molecule has 1 aliphatic rings. The molecular formula is C19H22N2O3. The first-order valence-electron chi connectivity index (χ1n) is 8.01. The van der Waals surface area contributed by atoms with E-state index in [1.165, 1.54) is 0 Å². The topological polar surface area (TPSA) is 50.8 Å². The highest BCUT2D eigenvalue weighted by molar-refractivity contribution is 5.83. The highest BCUT2D eigenvalue weighted by Crippen LogP contribution is 2.29. The van der Waals surface area contributed by atoms with E-state index in [0.717, 1.165) is 17.0 Å². The standard InChI is InChI=1S/C19H22N2O3/c1-21-11-12-24-18(19(21)22)17(20-15-8-4-3-5-9-15)14-7-6-10-16(13-14)23-2/h3-10,13,17-18,20H,11-12H2,1-2H3/t17-,18+/m0/s1. The number of ether oxygens (including phenoxy) is 2. The maximum atomic E-state index is 12.6. The summed E-state index contributed by atoms with van der Waals surface area (Å²) >= 11 is 0. The Hall–Kier alpha value is -2.53. The Morgan fingerprint density at radius 2 is 2.00 bits per heavy atom. The molecule has 0 spiro atoms. The Balaban J connectivity index is 1.95. The summed E-state index contributed by atoms with van der Waals surface area (Å²) in [7, 11) is 3.44. The summed E-state index contributed by atoms with van der Waals surface area (Å²) < 4.78 is 11.2. The molecule has 2 aromatic rings. The Labute approximate surface area is 142 Å². The summed E-state index contributed by atoms with van der Waals surface area (Å²) in [5.41, 5.74) is 1.89. The minimum Gasteiger partial charge on any atom is -0.497 e. The molecule has 0 radical (unpaired) electrons. The Morgan fingerprint density at radius 1 is 1.21 bits per heavy atom. The molecule has 3 rings (SSSR count). The lowest BCUT2D eigenvalue weighted by Crippen LogP contribution is -2.49. The number of hydrogen-bond acceptors (Lipinski definition) is 4. The van der Waals surface area contributed by atoms with Crippen LogP contribution in [0.3, 0.4) is 0 Å². The van der Waals surface area contributed by atoms with Gasteiger partial charge in [0.15, 0.2) is 6.10 Å². The summed E-state index contributed by atoms with van der Waals surface area (Å²) in [4.78, 5) is 14.3. The van der Waals surface area contributed by atoms with Crippen molar-refractivity contribution in [2.75, 3.05) is 32.6 Å². The molecule has 1 aliphatic heterocycles. The van der Waals surface area contributed by atoms with Crippen LogP contribution in [0.2, 0.25) is 0 Å². The Bertz CT molecular complexity index is 690. The van der Waals surface area contributed by atoms with Crippen molar-refractivity contribution in [3.05, 3.63) is 60.2 Å². The van der Waals surface area contributed by atoms with Gasteiger partial charge < -0.3 is 19.7 Å². The van der Waals surface area contributed by atoms with E-state index in [4.69, 9.17) is 9.47 Å². The summed E-state index contributed by atoms with van der Waals surface area (Å²) in [5.74, 6) is 0.737. The second-order valence-electron chi connectivity index (χ2n) is 5.82. The number of amides is 1. The van der Waals surface area contributed by atoms with Gasteiger partial charge in [-0.15, -0.1) is 0 Å². The van der Waals surface area contributed by atoms with Crippen molar-refractivity contribution in [2.24, 2.45) is 0 Å². The van der Waals surface area contributed by atoms with E-state index in [0.29, 0.717) is 13.2 Å². The van der Waals surface area contributed by atoms with E-state index in [1.807, 2.05) is 61.6 Å². The van der Waals surface area contributed by atoms with Crippen molar-refractivity contribution in [3.8, 4) is 5.75 Å². The first-order valence-corrected chi connectivity index (χ1v) is 8.01. The normalized spacial score (nSPS) is 19.0. The predicted octanol–water partition coefficient (Wildman–Crippen LogP) is 2.71. The fraction of sp³-hybridized carbons (Fsp3) is 0.316. The number of carbonyl (C=O) groups is 1. The van der Waals surface area contributed by atoms with Gasteiger partial charge in [0, 0.05) is 19.3 Å². The molecule has 1 saturated heterocycles. The Kier molecular flexibility index (Phi) is 5.01. The van der Waals surface area contributed by atoms with Crippen LogP contribution in [0.4, 0.5) is 5.69 Å². The van der Waals surface area contributed by atoms with E-state index in [2.05, 4.69) is 5.32 Å². The number of para-hydroxylation sites is 1. The minimum atomic E-state index is -0.573. The molecule has 1 heterocycles. The van der Waals surface area contributed by atoms with Gasteiger partial charge in [0.05, 0.1) is 19.8 Å². The highest BCUT2D eigenvalue weighted by atomic mass is 16.5. The summed E-state index contributed by atoms with van der Waals surface area (Å²) in [5, 5.41) is 3.44. The van der Waals surface area contributed by atoms with Crippen LogP contribution in [0, 0.1) is 0 Å². The molecule has 0 saturated carbocycles. The summed E-state index contributed by atoms with van der Waals surface area (Å²) in [6, 6.07) is 17.3. The third kappa shape index (κ3) is 3.51. The number of nitrogens with zero attached hydrogens (tertiary/aromatic N) is 1. The first kappa shape index (κ1) is 16.3. The van der Waals surface area contributed by atoms with Gasteiger partial charge in [-0.1, -0.05) is 30.3 Å². The van der Waals surface area contributed by atoms with Crippen molar-refractivity contribution >= 4 is 11.6 Å². The lowest BCUT2D eigenvalue weighted by molar-refractivity contribution is -0.152. The van der Waals surface area contributed by atoms with E-state index in [1.54, 1.807) is 12.0 Å². The van der Waals surface area contributed by atoms with Crippen LogP contribution in [-0.4, -0.2) is 44.2 Å². The molecule has 1 N–H and O–H groups in total. The number of nitrogens with one attached hydrogen (secondary N) is 1. The molecule has 0 aliphatic carbocycles. The SMILES string of the molecule is COc1cccc([C@H](Nc2ccccc2)[C@H]2OCCN(C)C2=O)c1. The van der Waals surface area contributed by atoms with Gasteiger partial charge in [-0.05, 0) is 29.8 Å². The van der Waals surface area contributed by atoms with Gasteiger partial charge in [-0.25, -0.2) is 0 Å². The van der Waals surface area contributed by atoms with E-state index < -0.39 is 6.10 Å². The molecule has 0 bridgehead atoms. The number of likely N-dealkylation sites (N-methyl/N-ethyl adjacent to an activating group) is 1. The first-order chi connectivity index (χ1) is 11.7. The zero-order chi connectivity index (χ0) is 16.9. The van der Waals surface area contributed by atoms with Crippen molar-refractivity contribution in [3.63, 3.8) is 0 Å². The third-order valence-corrected chi connectivity index (χ3v) is 4.20. The quantitative estimate of drug-likeness (QED) is 0.918. The minimum absolute atomic E-state index is 0.0162. The molecule has 2 aromatic carbocycles. The maximum absolute atomic E-state index is 12.6. The molecule has 5 nitrogen and oxygen atoms in total. The molecular weight excluding hydrogens is 304 g/mol. The average Bonchev–Trinajstić information content (AvgIpc) is 2.63. The van der Waals surface area contributed by atoms with E-state index in [-0.39, 0.29) is 11.9 Å². The number of hydrogen-bond donors (Lipinski definition) is 1. The number of methoxy groups -OCH3 is 1. The number of anilines is 1. The molecule has 1 amide bonds. The van der Waals surface area contributed by atoms with Crippen molar-refractivity contribution in [1.29, 1.82) is 0 Å². The van der Waals surface area contributed by atoms with Crippen molar-refractivity contribution < 1.29 is 14.3 Å². The van der Waals surface area contributed by atoms with Crippen LogP contribution in [-0.2, 0) is 9.53 Å². The number of benzene rings is 2. The van der Waals surface area contributed by atoms with Crippen molar-refractivity contribution in [2.45, 2.75) is 12.1 Å². The van der Waals surface area contributed by atoms with Crippen LogP contribution in [0.15, 0.2) is 54.6 Å². The molecule has 2 atom stereocenters. The van der Waals surface area contributed by atoms with Crippen LogP contribution < -0.4 is 10.1 Å². The highest BCUT2D eigenvalue weighted by Gasteiger charge is 2.35. The zero-order valence-corrected chi connectivity index (χ0v) is 13.9. The number of rotatable bonds is 5.